The number of quaternary nitrogens is 1. The molecule has 2 aromatic carbocycles. The van der Waals surface area contributed by atoms with E-state index in [1.807, 2.05) is 0 Å². The summed E-state index contributed by atoms with van der Waals surface area (Å²) in [6.45, 7) is 3.56. The van der Waals surface area contributed by atoms with Crippen LogP contribution in [0.15, 0.2) is 54.6 Å². The molecule has 1 aliphatic heterocycles. The Morgan fingerprint density at radius 1 is 1.00 bits per heavy atom. The lowest BCUT2D eigenvalue weighted by atomic mass is 9.89. The van der Waals surface area contributed by atoms with Crippen molar-refractivity contribution >= 4 is 10.9 Å². The highest BCUT2D eigenvalue weighted by molar-refractivity contribution is 5.86. The first-order valence-corrected chi connectivity index (χ1v) is 8.90. The second-order valence-electron chi connectivity index (χ2n) is 7.05. The predicted molar refractivity (Wildman–Crippen MR) is 93.6 cm³/mol. The summed E-state index contributed by atoms with van der Waals surface area (Å²) in [5.41, 5.74) is 6.22. The van der Waals surface area contributed by atoms with Crippen molar-refractivity contribution in [3.05, 3.63) is 71.4 Å². The summed E-state index contributed by atoms with van der Waals surface area (Å²) in [6, 6.07) is 20.7. The molecule has 2 heterocycles. The van der Waals surface area contributed by atoms with Gasteiger partial charge in [-0.1, -0.05) is 48.5 Å². The standard InChI is InChI=1S/C21H22N2/c1-2-7-16(8-3-1)15-22-13-14-23-19-11-5-4-9-17(19)18-10-6-12-20(22)21(18)23/h1-5,7-9,11,20H,6,10,12-15H2/p+1/t20-/m1/s1. The summed E-state index contributed by atoms with van der Waals surface area (Å²) >= 11 is 0. The van der Waals surface area contributed by atoms with Crippen LogP contribution in [-0.4, -0.2) is 11.1 Å². The Kier molecular flexibility index (Phi) is 3.05. The fraction of sp³-hybridized carbons (Fsp3) is 0.333. The van der Waals surface area contributed by atoms with Crippen molar-refractivity contribution in [1.29, 1.82) is 0 Å². The Bertz CT molecular complexity index is 814. The quantitative estimate of drug-likeness (QED) is 0.745. The molecule has 5 rings (SSSR count). The minimum absolute atomic E-state index is 0.681. The maximum absolute atomic E-state index is 2.63. The third-order valence-electron chi connectivity index (χ3n) is 5.79. The summed E-state index contributed by atoms with van der Waals surface area (Å²) in [4.78, 5) is 1.76. The van der Waals surface area contributed by atoms with Crippen molar-refractivity contribution in [2.24, 2.45) is 0 Å². The normalized spacial score (nSPS) is 23.0. The van der Waals surface area contributed by atoms with Crippen LogP contribution in [0.1, 0.15) is 35.7 Å². The van der Waals surface area contributed by atoms with Gasteiger partial charge in [-0.25, -0.2) is 0 Å². The zero-order chi connectivity index (χ0) is 15.2. The van der Waals surface area contributed by atoms with Crippen molar-refractivity contribution < 1.29 is 4.90 Å². The fourth-order valence-electron chi connectivity index (χ4n) is 4.81. The predicted octanol–water partition coefficient (Wildman–Crippen LogP) is 3.12. The second kappa shape index (κ2) is 5.24. The van der Waals surface area contributed by atoms with Crippen LogP contribution in [0.5, 0.6) is 0 Å². The van der Waals surface area contributed by atoms with Gasteiger partial charge >= 0.3 is 0 Å². The first-order chi connectivity index (χ1) is 11.4. The van der Waals surface area contributed by atoms with Gasteiger partial charge in [-0.15, -0.1) is 0 Å². The fourth-order valence-corrected chi connectivity index (χ4v) is 4.81. The van der Waals surface area contributed by atoms with E-state index in [0.29, 0.717) is 6.04 Å². The molecule has 2 atom stereocenters. The topological polar surface area (TPSA) is 9.37 Å². The van der Waals surface area contributed by atoms with Gasteiger partial charge in [0.05, 0.1) is 18.8 Å². The molecule has 23 heavy (non-hydrogen) atoms. The number of hydrogen-bond acceptors (Lipinski definition) is 0. The number of nitrogens with zero attached hydrogens (tertiary/aromatic N) is 1. The van der Waals surface area contributed by atoms with Crippen LogP contribution in [0.25, 0.3) is 10.9 Å². The van der Waals surface area contributed by atoms with E-state index in [1.165, 1.54) is 42.3 Å². The van der Waals surface area contributed by atoms with Crippen LogP contribution in [0, 0.1) is 0 Å². The number of aromatic nitrogens is 1. The van der Waals surface area contributed by atoms with Gasteiger partial charge in [-0.2, -0.15) is 0 Å². The zero-order valence-electron chi connectivity index (χ0n) is 13.5. The summed E-state index contributed by atoms with van der Waals surface area (Å²) in [5, 5.41) is 1.51. The highest BCUT2D eigenvalue weighted by atomic mass is 15.2. The first kappa shape index (κ1) is 13.4. The molecular weight excluding hydrogens is 280 g/mol. The van der Waals surface area contributed by atoms with E-state index in [4.69, 9.17) is 0 Å². The number of aryl methyl sites for hydroxylation is 1. The number of rotatable bonds is 2. The second-order valence-corrected chi connectivity index (χ2v) is 7.05. The van der Waals surface area contributed by atoms with Gasteiger partial charge in [0.1, 0.15) is 12.6 Å². The highest BCUT2D eigenvalue weighted by Crippen LogP contribution is 2.37. The van der Waals surface area contributed by atoms with Gasteiger partial charge in [0.15, 0.2) is 0 Å². The molecule has 3 aromatic rings. The molecule has 0 bridgehead atoms. The summed E-state index contributed by atoms with van der Waals surface area (Å²) in [5.74, 6) is 0. The molecule has 0 saturated heterocycles. The van der Waals surface area contributed by atoms with E-state index in [-0.39, 0.29) is 0 Å². The Hall–Kier alpha value is -2.06. The van der Waals surface area contributed by atoms with Crippen LogP contribution in [-0.2, 0) is 19.5 Å². The van der Waals surface area contributed by atoms with Crippen molar-refractivity contribution in [3.63, 3.8) is 0 Å². The number of fused-ring (bicyclic) bond motifs is 3. The van der Waals surface area contributed by atoms with Crippen LogP contribution in [0.4, 0.5) is 0 Å². The Balaban J connectivity index is 1.59. The van der Waals surface area contributed by atoms with E-state index >= 15 is 0 Å². The Morgan fingerprint density at radius 2 is 1.83 bits per heavy atom. The molecule has 2 aliphatic rings. The zero-order valence-corrected chi connectivity index (χ0v) is 13.5. The van der Waals surface area contributed by atoms with Gasteiger partial charge in [-0.3, -0.25) is 0 Å². The Labute approximate surface area is 137 Å². The van der Waals surface area contributed by atoms with Gasteiger partial charge in [-0.05, 0) is 24.5 Å². The third kappa shape index (κ3) is 2.05. The molecule has 1 N–H and O–H groups in total. The van der Waals surface area contributed by atoms with E-state index in [0.717, 1.165) is 13.1 Å². The molecule has 1 aliphatic carbocycles. The molecule has 0 amide bonds. The minimum Gasteiger partial charge on any atom is -0.334 e. The van der Waals surface area contributed by atoms with Gasteiger partial charge in [0, 0.05) is 22.9 Å². The summed E-state index contributed by atoms with van der Waals surface area (Å²) < 4.78 is 2.63. The SMILES string of the molecule is c1ccc(C[NH+]2CCn3c4c(c5ccccc53)CCC[C@H]42)cc1. The molecule has 2 nitrogen and oxygen atoms in total. The van der Waals surface area contributed by atoms with Crippen molar-refractivity contribution in [2.45, 2.75) is 38.4 Å². The molecule has 1 unspecified atom stereocenters. The largest absolute Gasteiger partial charge is 0.334 e. The summed E-state index contributed by atoms with van der Waals surface area (Å²) in [7, 11) is 0. The van der Waals surface area contributed by atoms with E-state index in [2.05, 4.69) is 59.2 Å². The molecule has 1 aromatic heterocycles. The summed E-state index contributed by atoms with van der Waals surface area (Å²) in [6.07, 6.45) is 3.94. The average molecular weight is 303 g/mol. The lowest BCUT2D eigenvalue weighted by Crippen LogP contribution is -3.12. The molecule has 0 fully saturated rings. The highest BCUT2D eigenvalue weighted by Gasteiger charge is 2.37. The van der Waals surface area contributed by atoms with Crippen molar-refractivity contribution in [2.75, 3.05) is 6.54 Å². The third-order valence-corrected chi connectivity index (χ3v) is 5.79. The van der Waals surface area contributed by atoms with Gasteiger partial charge in [0.2, 0.25) is 0 Å². The molecule has 0 radical (unpaired) electrons. The van der Waals surface area contributed by atoms with Crippen LogP contribution >= 0.6 is 0 Å². The van der Waals surface area contributed by atoms with Gasteiger partial charge in [0.25, 0.3) is 0 Å². The number of hydrogen-bond donors (Lipinski definition) is 1. The van der Waals surface area contributed by atoms with Gasteiger partial charge < -0.3 is 9.47 Å². The first-order valence-electron chi connectivity index (χ1n) is 8.90. The van der Waals surface area contributed by atoms with Crippen molar-refractivity contribution in [1.82, 2.24) is 4.57 Å². The maximum Gasteiger partial charge on any atom is 0.129 e. The minimum atomic E-state index is 0.681. The lowest BCUT2D eigenvalue weighted by molar-refractivity contribution is -0.950. The average Bonchev–Trinajstić information content (AvgIpc) is 2.94. The van der Waals surface area contributed by atoms with E-state index in [1.54, 1.807) is 16.2 Å². The molecule has 2 heteroatoms. The Morgan fingerprint density at radius 3 is 2.74 bits per heavy atom. The number of benzene rings is 2. The van der Waals surface area contributed by atoms with Crippen LogP contribution in [0.2, 0.25) is 0 Å². The smallest absolute Gasteiger partial charge is 0.129 e. The van der Waals surface area contributed by atoms with E-state index < -0.39 is 0 Å². The lowest BCUT2D eigenvalue weighted by Gasteiger charge is -2.37. The molecule has 0 saturated carbocycles. The van der Waals surface area contributed by atoms with Crippen LogP contribution < -0.4 is 4.90 Å². The monoisotopic (exact) mass is 303 g/mol. The van der Waals surface area contributed by atoms with Crippen molar-refractivity contribution in [3.8, 4) is 0 Å². The van der Waals surface area contributed by atoms with Crippen LogP contribution in [0.3, 0.4) is 0 Å². The van der Waals surface area contributed by atoms with E-state index in [9.17, 15) is 0 Å². The molecular formula is C21H23N2+. The molecule has 0 spiro atoms. The maximum atomic E-state index is 2.63. The number of para-hydroxylation sites is 1. The number of nitrogens with one attached hydrogen (secondary N) is 1. The molecule has 116 valence electrons.